The number of nitrogens with zero attached hydrogens (tertiary/aromatic N) is 2. The van der Waals surface area contributed by atoms with E-state index < -0.39 is 6.10 Å². The van der Waals surface area contributed by atoms with Gasteiger partial charge in [-0.25, -0.2) is 0 Å². The lowest BCUT2D eigenvalue weighted by Gasteiger charge is -2.30. The van der Waals surface area contributed by atoms with E-state index in [2.05, 4.69) is 0 Å². The molecular formula is C15H20N2O3. The molecule has 108 valence electrons. The Morgan fingerprint density at radius 1 is 1.30 bits per heavy atom. The minimum Gasteiger partial charge on any atom is -0.391 e. The summed E-state index contributed by atoms with van der Waals surface area (Å²) in [6.45, 7) is 1.02. The topological polar surface area (TPSA) is 60.9 Å². The molecule has 1 aromatic rings. The molecule has 1 aliphatic rings. The van der Waals surface area contributed by atoms with Crippen LogP contribution in [0.15, 0.2) is 24.3 Å². The number of amides is 2. The zero-order valence-corrected chi connectivity index (χ0v) is 11.9. The molecule has 1 unspecified atom stereocenters. The van der Waals surface area contributed by atoms with Crippen LogP contribution in [0.4, 0.5) is 0 Å². The maximum absolute atomic E-state index is 12.4. The van der Waals surface area contributed by atoms with E-state index in [0.29, 0.717) is 24.2 Å². The Hall–Kier alpha value is -1.88. The Kier molecular flexibility index (Phi) is 4.39. The van der Waals surface area contributed by atoms with Crippen molar-refractivity contribution in [2.24, 2.45) is 0 Å². The molecule has 0 radical (unpaired) electrons. The van der Waals surface area contributed by atoms with Crippen LogP contribution < -0.4 is 0 Å². The molecule has 1 aliphatic heterocycles. The molecule has 1 atom stereocenters. The molecule has 1 saturated heterocycles. The Bertz CT molecular complexity index is 514. The van der Waals surface area contributed by atoms with Crippen LogP contribution in [0.2, 0.25) is 0 Å². The molecule has 1 fully saturated rings. The van der Waals surface area contributed by atoms with Crippen molar-refractivity contribution in [3.05, 3.63) is 35.4 Å². The minimum absolute atomic E-state index is 0.127. The van der Waals surface area contributed by atoms with Gasteiger partial charge in [0.1, 0.15) is 0 Å². The van der Waals surface area contributed by atoms with E-state index in [1.165, 1.54) is 4.90 Å². The second-order valence-corrected chi connectivity index (χ2v) is 5.33. The van der Waals surface area contributed by atoms with Crippen molar-refractivity contribution in [3.8, 4) is 0 Å². The monoisotopic (exact) mass is 276 g/mol. The first-order valence-electron chi connectivity index (χ1n) is 6.78. The molecule has 5 nitrogen and oxygen atoms in total. The predicted octanol–water partition coefficient (Wildman–Crippen LogP) is 0.985. The smallest absolute Gasteiger partial charge is 0.253 e. The summed E-state index contributed by atoms with van der Waals surface area (Å²) in [5.74, 6) is -0.254. The first-order chi connectivity index (χ1) is 9.49. The van der Waals surface area contributed by atoms with Gasteiger partial charge in [-0.2, -0.15) is 0 Å². The molecule has 0 bridgehead atoms. The number of β-amino-alcohol motifs (C(OH)–C–C–N with tert-alkyl or cyclic N) is 1. The zero-order chi connectivity index (χ0) is 14.7. The van der Waals surface area contributed by atoms with E-state index in [1.54, 1.807) is 43.3 Å². The Morgan fingerprint density at radius 2 is 2.00 bits per heavy atom. The summed E-state index contributed by atoms with van der Waals surface area (Å²) in [6, 6.07) is 6.73. The minimum atomic E-state index is -0.445. The average molecular weight is 276 g/mol. The van der Waals surface area contributed by atoms with E-state index >= 15 is 0 Å². The van der Waals surface area contributed by atoms with Gasteiger partial charge in [-0.1, -0.05) is 6.07 Å². The van der Waals surface area contributed by atoms with Crippen molar-refractivity contribution in [1.29, 1.82) is 0 Å². The highest BCUT2D eigenvalue weighted by molar-refractivity contribution is 5.99. The van der Waals surface area contributed by atoms with Gasteiger partial charge >= 0.3 is 0 Å². The first-order valence-corrected chi connectivity index (χ1v) is 6.78. The average Bonchev–Trinajstić information content (AvgIpc) is 2.45. The van der Waals surface area contributed by atoms with Crippen LogP contribution in [0.3, 0.4) is 0 Å². The summed E-state index contributed by atoms with van der Waals surface area (Å²) < 4.78 is 0. The number of carbonyl (C=O) groups is 2. The van der Waals surface area contributed by atoms with Gasteiger partial charge in [0, 0.05) is 38.3 Å². The number of hydrogen-bond donors (Lipinski definition) is 1. The third kappa shape index (κ3) is 3.17. The molecule has 20 heavy (non-hydrogen) atoms. The number of carbonyl (C=O) groups excluding carboxylic acids is 2. The number of piperidine rings is 1. The molecule has 1 N–H and O–H groups in total. The summed E-state index contributed by atoms with van der Waals surface area (Å²) in [5, 5.41) is 9.64. The Morgan fingerprint density at radius 3 is 2.65 bits per heavy atom. The highest BCUT2D eigenvalue weighted by atomic mass is 16.3. The molecule has 0 aromatic heterocycles. The number of rotatable bonds is 2. The SMILES string of the molecule is CN(C)C(=O)c1cccc(C(=O)N2CCCC(O)C2)c1. The quantitative estimate of drug-likeness (QED) is 0.876. The zero-order valence-electron chi connectivity index (χ0n) is 11.9. The molecule has 1 heterocycles. The van der Waals surface area contributed by atoms with Crippen molar-refractivity contribution in [2.45, 2.75) is 18.9 Å². The normalized spacial score (nSPS) is 18.8. The van der Waals surface area contributed by atoms with E-state index in [9.17, 15) is 14.7 Å². The van der Waals surface area contributed by atoms with Gasteiger partial charge in [0.05, 0.1) is 6.10 Å². The van der Waals surface area contributed by atoms with Crippen molar-refractivity contribution in [2.75, 3.05) is 27.2 Å². The number of benzene rings is 1. The van der Waals surface area contributed by atoms with E-state index in [-0.39, 0.29) is 11.8 Å². The van der Waals surface area contributed by atoms with Crippen LogP contribution in [0.5, 0.6) is 0 Å². The van der Waals surface area contributed by atoms with Crippen molar-refractivity contribution in [1.82, 2.24) is 9.80 Å². The highest BCUT2D eigenvalue weighted by Gasteiger charge is 2.23. The van der Waals surface area contributed by atoms with Gasteiger partial charge in [0.25, 0.3) is 11.8 Å². The number of hydrogen-bond acceptors (Lipinski definition) is 3. The van der Waals surface area contributed by atoms with Crippen LogP contribution in [-0.4, -0.2) is 60.0 Å². The number of aliphatic hydroxyl groups is 1. The summed E-state index contributed by atoms with van der Waals surface area (Å²) in [5.41, 5.74) is 0.991. The third-order valence-corrected chi connectivity index (χ3v) is 3.45. The second kappa shape index (κ2) is 6.05. The fraction of sp³-hybridized carbons (Fsp3) is 0.467. The molecule has 2 amide bonds. The molecule has 5 heteroatoms. The van der Waals surface area contributed by atoms with Crippen LogP contribution in [-0.2, 0) is 0 Å². The fourth-order valence-corrected chi connectivity index (χ4v) is 2.37. The lowest BCUT2D eigenvalue weighted by atomic mass is 10.1. The Balaban J connectivity index is 2.18. The third-order valence-electron chi connectivity index (χ3n) is 3.45. The van der Waals surface area contributed by atoms with Crippen molar-refractivity contribution in [3.63, 3.8) is 0 Å². The van der Waals surface area contributed by atoms with Crippen LogP contribution >= 0.6 is 0 Å². The van der Waals surface area contributed by atoms with Crippen molar-refractivity contribution >= 4 is 11.8 Å². The summed E-state index contributed by atoms with van der Waals surface area (Å²) in [6.07, 6.45) is 1.10. The largest absolute Gasteiger partial charge is 0.391 e. The van der Waals surface area contributed by atoms with Crippen LogP contribution in [0.1, 0.15) is 33.6 Å². The van der Waals surface area contributed by atoms with E-state index in [1.807, 2.05) is 0 Å². The number of aliphatic hydroxyl groups excluding tert-OH is 1. The molecule has 0 spiro atoms. The lowest BCUT2D eigenvalue weighted by molar-refractivity contribution is 0.0473. The summed E-state index contributed by atoms with van der Waals surface area (Å²) in [4.78, 5) is 27.4. The Labute approximate surface area is 118 Å². The lowest BCUT2D eigenvalue weighted by Crippen LogP contribution is -2.42. The molecular weight excluding hydrogens is 256 g/mol. The summed E-state index contributed by atoms with van der Waals surface area (Å²) >= 11 is 0. The second-order valence-electron chi connectivity index (χ2n) is 5.33. The standard InChI is InChI=1S/C15H20N2O3/c1-16(2)14(19)11-5-3-6-12(9-11)15(20)17-8-4-7-13(18)10-17/h3,5-6,9,13,18H,4,7-8,10H2,1-2H3. The number of likely N-dealkylation sites (tertiary alicyclic amines) is 1. The molecule has 0 saturated carbocycles. The molecule has 0 aliphatic carbocycles. The van der Waals surface area contributed by atoms with Gasteiger partial charge in [-0.05, 0) is 31.0 Å². The first kappa shape index (κ1) is 14.5. The fourth-order valence-electron chi connectivity index (χ4n) is 2.37. The highest BCUT2D eigenvalue weighted by Crippen LogP contribution is 2.15. The van der Waals surface area contributed by atoms with Gasteiger partial charge in [0.2, 0.25) is 0 Å². The maximum atomic E-state index is 12.4. The van der Waals surface area contributed by atoms with Crippen molar-refractivity contribution < 1.29 is 14.7 Å². The molecule has 2 rings (SSSR count). The van der Waals surface area contributed by atoms with Crippen LogP contribution in [0, 0.1) is 0 Å². The summed E-state index contributed by atoms with van der Waals surface area (Å²) in [7, 11) is 3.36. The van der Waals surface area contributed by atoms with Crippen LogP contribution in [0.25, 0.3) is 0 Å². The van der Waals surface area contributed by atoms with Gasteiger partial charge in [0.15, 0.2) is 0 Å². The predicted molar refractivity (Wildman–Crippen MR) is 75.6 cm³/mol. The van der Waals surface area contributed by atoms with Gasteiger partial charge < -0.3 is 14.9 Å². The maximum Gasteiger partial charge on any atom is 0.253 e. The van der Waals surface area contributed by atoms with E-state index in [4.69, 9.17) is 0 Å². The molecule has 1 aromatic carbocycles. The van der Waals surface area contributed by atoms with Gasteiger partial charge in [-0.15, -0.1) is 0 Å². The van der Waals surface area contributed by atoms with E-state index in [0.717, 1.165) is 12.8 Å². The van der Waals surface area contributed by atoms with Gasteiger partial charge in [-0.3, -0.25) is 9.59 Å².